The van der Waals surface area contributed by atoms with Gasteiger partial charge in [0, 0.05) is 11.0 Å². The number of amides is 1. The molecule has 0 radical (unpaired) electrons. The highest BCUT2D eigenvalue weighted by atomic mass is 16.6. The SMILES string of the molecule is COC(=O)[C@H]1CC[C@]2(N)C3CC[C@@H]4C[C@@H](OC(=O)N[C@@H](CN=O)C(C)C)CC[C@]4(C)C3CC(O)[C@]12C. The number of alkyl carbamates (subject to hydrolysis) is 1. The van der Waals surface area contributed by atoms with E-state index in [0.717, 1.165) is 38.5 Å². The van der Waals surface area contributed by atoms with Gasteiger partial charge in [0.15, 0.2) is 0 Å². The number of esters is 1. The molecule has 4 saturated carbocycles. The summed E-state index contributed by atoms with van der Waals surface area (Å²) in [5.74, 6) is 0.328. The van der Waals surface area contributed by atoms with Gasteiger partial charge in [0.1, 0.15) is 12.6 Å². The van der Waals surface area contributed by atoms with Crippen LogP contribution in [0, 0.1) is 45.3 Å². The second kappa shape index (κ2) is 9.86. The van der Waals surface area contributed by atoms with Crippen molar-refractivity contribution in [2.75, 3.05) is 13.7 Å². The molecule has 0 heterocycles. The van der Waals surface area contributed by atoms with Crippen molar-refractivity contribution in [2.24, 2.45) is 51.3 Å². The Balaban J connectivity index is 1.46. The highest BCUT2D eigenvalue weighted by molar-refractivity contribution is 5.74. The van der Waals surface area contributed by atoms with Crippen molar-refractivity contribution in [3.63, 3.8) is 0 Å². The predicted molar refractivity (Wildman–Crippen MR) is 135 cm³/mol. The molecule has 3 unspecified atom stereocenters. The maximum Gasteiger partial charge on any atom is 0.407 e. The number of nitroso groups, excluding NO2 is 1. The van der Waals surface area contributed by atoms with E-state index in [1.165, 1.54) is 7.11 Å². The number of nitrogens with one attached hydrogen (secondary N) is 1. The quantitative estimate of drug-likeness (QED) is 0.367. The summed E-state index contributed by atoms with van der Waals surface area (Å²) in [7, 11) is 1.41. The molecule has 204 valence electrons. The molecule has 9 nitrogen and oxygen atoms in total. The third kappa shape index (κ3) is 4.14. The number of nitrogens with two attached hydrogens (primary N) is 1. The van der Waals surface area contributed by atoms with Crippen molar-refractivity contribution in [1.82, 2.24) is 5.32 Å². The monoisotopic (exact) mass is 507 g/mol. The number of aliphatic hydroxyl groups excluding tert-OH is 1. The van der Waals surface area contributed by atoms with E-state index in [1.807, 2.05) is 20.8 Å². The van der Waals surface area contributed by atoms with Crippen LogP contribution in [0.5, 0.6) is 0 Å². The maximum atomic E-state index is 12.6. The molecule has 10 atom stereocenters. The molecule has 0 aromatic rings. The largest absolute Gasteiger partial charge is 0.469 e. The van der Waals surface area contributed by atoms with Crippen molar-refractivity contribution in [2.45, 2.75) is 103 Å². The van der Waals surface area contributed by atoms with Gasteiger partial charge in [-0.15, -0.1) is 0 Å². The highest BCUT2D eigenvalue weighted by Gasteiger charge is 2.70. The summed E-state index contributed by atoms with van der Waals surface area (Å²) in [5.41, 5.74) is 5.93. The minimum atomic E-state index is -0.688. The van der Waals surface area contributed by atoms with Gasteiger partial charge >= 0.3 is 12.1 Å². The van der Waals surface area contributed by atoms with Crippen LogP contribution < -0.4 is 11.1 Å². The summed E-state index contributed by atoms with van der Waals surface area (Å²) in [5, 5.41) is 17.3. The van der Waals surface area contributed by atoms with Crippen molar-refractivity contribution in [3.05, 3.63) is 4.91 Å². The standard InChI is InChI=1S/C27H45N3O6/c1-15(2)21(14-29-34)30-24(33)36-17-8-10-25(3)16(12-17)6-7-18-20(25)13-22(31)26(4)19(23(32)35-5)9-11-27(18,26)28/h15-22,31H,6-14,28H2,1-5H3,(H,30,33)/t16-,17+,18?,19-,20?,21+,22?,25+,26+,27+/m1/s1. The predicted octanol–water partition coefficient (Wildman–Crippen LogP) is 3.76. The number of rotatable bonds is 6. The third-order valence-electron chi connectivity index (χ3n) is 11.2. The molecule has 0 aromatic heterocycles. The Morgan fingerprint density at radius 2 is 1.83 bits per heavy atom. The van der Waals surface area contributed by atoms with E-state index in [2.05, 4.69) is 17.4 Å². The first kappa shape index (κ1) is 27.3. The van der Waals surface area contributed by atoms with E-state index in [1.54, 1.807) is 0 Å². The average molecular weight is 508 g/mol. The van der Waals surface area contributed by atoms with Crippen LogP contribution in [0.15, 0.2) is 5.18 Å². The second-order valence-corrected chi connectivity index (χ2v) is 12.8. The van der Waals surface area contributed by atoms with Crippen LogP contribution in [0.3, 0.4) is 0 Å². The van der Waals surface area contributed by atoms with Gasteiger partial charge in [-0.1, -0.05) is 32.9 Å². The lowest BCUT2D eigenvalue weighted by molar-refractivity contribution is -0.188. The Hall–Kier alpha value is -1.74. The van der Waals surface area contributed by atoms with Crippen LogP contribution in [-0.2, 0) is 14.3 Å². The van der Waals surface area contributed by atoms with Crippen molar-refractivity contribution in [1.29, 1.82) is 0 Å². The summed E-state index contributed by atoms with van der Waals surface area (Å²) in [4.78, 5) is 35.9. The molecular formula is C27H45N3O6. The lowest BCUT2D eigenvalue weighted by Crippen LogP contribution is -2.71. The van der Waals surface area contributed by atoms with E-state index in [0.29, 0.717) is 18.8 Å². The number of carbonyl (C=O) groups excluding carboxylic acids is 2. The van der Waals surface area contributed by atoms with Gasteiger partial charge < -0.3 is 25.6 Å². The first-order chi connectivity index (χ1) is 16.9. The third-order valence-corrected chi connectivity index (χ3v) is 11.2. The molecular weight excluding hydrogens is 462 g/mol. The molecule has 0 bridgehead atoms. The molecule has 4 aliphatic carbocycles. The zero-order valence-electron chi connectivity index (χ0n) is 22.5. The van der Waals surface area contributed by atoms with Crippen LogP contribution in [0.4, 0.5) is 4.79 Å². The zero-order valence-corrected chi connectivity index (χ0v) is 22.5. The fourth-order valence-electron chi connectivity index (χ4n) is 8.75. The van der Waals surface area contributed by atoms with E-state index >= 15 is 0 Å². The Morgan fingerprint density at radius 1 is 1.11 bits per heavy atom. The molecule has 4 rings (SSSR count). The number of nitrogens with zero attached hydrogens (tertiary/aromatic N) is 1. The van der Waals surface area contributed by atoms with Gasteiger partial charge in [-0.3, -0.25) is 4.79 Å². The van der Waals surface area contributed by atoms with E-state index in [9.17, 15) is 19.6 Å². The summed E-state index contributed by atoms with van der Waals surface area (Å²) in [6, 6.07) is -0.335. The zero-order chi connectivity index (χ0) is 26.5. The van der Waals surface area contributed by atoms with Gasteiger partial charge in [-0.25, -0.2) is 4.79 Å². The average Bonchev–Trinajstić information content (AvgIpc) is 3.12. The number of aliphatic hydroxyl groups is 1. The molecule has 9 heteroatoms. The maximum absolute atomic E-state index is 12.6. The minimum Gasteiger partial charge on any atom is -0.469 e. The van der Waals surface area contributed by atoms with Crippen molar-refractivity contribution in [3.8, 4) is 0 Å². The molecule has 1 amide bonds. The molecule has 0 aromatic carbocycles. The Morgan fingerprint density at radius 3 is 2.47 bits per heavy atom. The van der Waals surface area contributed by atoms with Gasteiger partial charge in [0.25, 0.3) is 0 Å². The Kier molecular flexibility index (Phi) is 7.47. The van der Waals surface area contributed by atoms with Crippen molar-refractivity contribution < 1.29 is 24.2 Å². The van der Waals surface area contributed by atoms with Crippen LogP contribution in [0.25, 0.3) is 0 Å². The first-order valence-electron chi connectivity index (χ1n) is 13.7. The van der Waals surface area contributed by atoms with Gasteiger partial charge in [0.05, 0.1) is 25.2 Å². The number of methoxy groups -OCH3 is 1. The molecule has 0 spiro atoms. The molecule has 4 fully saturated rings. The fourth-order valence-corrected chi connectivity index (χ4v) is 8.75. The molecule has 4 N–H and O–H groups in total. The summed E-state index contributed by atoms with van der Waals surface area (Å²) in [6.07, 6.45) is 5.11. The van der Waals surface area contributed by atoms with Gasteiger partial charge in [0.2, 0.25) is 0 Å². The van der Waals surface area contributed by atoms with Crippen LogP contribution in [-0.4, -0.2) is 54.6 Å². The molecule has 0 saturated heterocycles. The summed E-state index contributed by atoms with van der Waals surface area (Å²) in [6.45, 7) is 8.24. The molecule has 36 heavy (non-hydrogen) atoms. The second-order valence-electron chi connectivity index (χ2n) is 12.8. The number of hydrogen-bond donors (Lipinski definition) is 3. The number of hydrogen-bond acceptors (Lipinski definition) is 8. The number of fused-ring (bicyclic) bond motifs is 5. The summed E-state index contributed by atoms with van der Waals surface area (Å²) >= 11 is 0. The summed E-state index contributed by atoms with van der Waals surface area (Å²) < 4.78 is 10.9. The highest BCUT2D eigenvalue weighted by Crippen LogP contribution is 2.68. The Bertz CT molecular complexity index is 868. The Labute approximate surface area is 214 Å². The van der Waals surface area contributed by atoms with Crippen molar-refractivity contribution >= 4 is 12.1 Å². The lowest BCUT2D eigenvalue weighted by atomic mass is 9.42. The van der Waals surface area contributed by atoms with E-state index in [4.69, 9.17) is 15.2 Å². The van der Waals surface area contributed by atoms with E-state index < -0.39 is 23.2 Å². The number of ether oxygens (including phenoxy) is 2. The van der Waals surface area contributed by atoms with Crippen LogP contribution >= 0.6 is 0 Å². The van der Waals surface area contributed by atoms with Gasteiger partial charge in [-0.2, -0.15) is 4.91 Å². The lowest BCUT2D eigenvalue weighted by Gasteiger charge is -2.65. The first-order valence-corrected chi connectivity index (χ1v) is 13.7. The van der Waals surface area contributed by atoms with Crippen LogP contribution in [0.2, 0.25) is 0 Å². The smallest absolute Gasteiger partial charge is 0.407 e. The topological polar surface area (TPSA) is 140 Å². The van der Waals surface area contributed by atoms with Crippen LogP contribution in [0.1, 0.15) is 79.1 Å². The van der Waals surface area contributed by atoms with E-state index in [-0.39, 0.29) is 53.7 Å². The normalized spacial score (nSPS) is 44.6. The van der Waals surface area contributed by atoms with Gasteiger partial charge in [-0.05, 0) is 80.5 Å². The molecule has 4 aliphatic rings. The number of carbonyl (C=O) groups is 2. The molecule has 0 aliphatic heterocycles. The fraction of sp³-hybridized carbons (Fsp3) is 0.926. The minimum absolute atomic E-state index is 0.000803.